The molecule has 1 fully saturated rings. The van der Waals surface area contributed by atoms with E-state index in [1.807, 2.05) is 11.3 Å². The number of hydrogen-bond donors (Lipinski definition) is 1. The lowest BCUT2D eigenvalue weighted by Crippen LogP contribution is -2.22. The Kier molecular flexibility index (Phi) is 4.18. The summed E-state index contributed by atoms with van der Waals surface area (Å²) in [6.07, 6.45) is 4.14. The summed E-state index contributed by atoms with van der Waals surface area (Å²) >= 11 is 1.82. The van der Waals surface area contributed by atoms with Crippen LogP contribution in [-0.2, 0) is 4.74 Å². The average molecular weight is 225 g/mol. The van der Waals surface area contributed by atoms with E-state index in [1.165, 1.54) is 17.7 Å². The van der Waals surface area contributed by atoms with Crippen LogP contribution in [0.5, 0.6) is 0 Å². The van der Waals surface area contributed by atoms with Crippen molar-refractivity contribution in [3.63, 3.8) is 0 Å². The standard InChI is InChI=1S/C12H19NOS/c1-10(12-5-3-9-15-12)13-7-6-11-4-2-8-14-11/h3,5,9-11,13H,2,4,6-8H2,1H3/t10-,11?/m1/s1. The first kappa shape index (κ1) is 11.1. The van der Waals surface area contributed by atoms with Crippen LogP contribution in [0.3, 0.4) is 0 Å². The highest BCUT2D eigenvalue weighted by Crippen LogP contribution is 2.19. The molecule has 2 atom stereocenters. The molecule has 2 rings (SSSR count). The minimum atomic E-state index is 0.478. The van der Waals surface area contributed by atoms with E-state index in [0.717, 1.165) is 19.6 Å². The maximum Gasteiger partial charge on any atom is 0.0588 e. The Balaban J connectivity index is 1.65. The number of nitrogens with one attached hydrogen (secondary N) is 1. The SMILES string of the molecule is C[C@@H](NCCC1CCCO1)c1cccs1. The third-order valence-electron chi connectivity index (χ3n) is 2.91. The molecule has 0 saturated carbocycles. The van der Waals surface area contributed by atoms with Gasteiger partial charge in [-0.2, -0.15) is 0 Å². The summed E-state index contributed by atoms with van der Waals surface area (Å²) in [7, 11) is 0. The third kappa shape index (κ3) is 3.30. The molecule has 1 aromatic heterocycles. The van der Waals surface area contributed by atoms with Crippen LogP contribution >= 0.6 is 11.3 Å². The fraction of sp³-hybridized carbons (Fsp3) is 0.667. The Morgan fingerprint density at radius 1 is 1.67 bits per heavy atom. The highest BCUT2D eigenvalue weighted by molar-refractivity contribution is 7.10. The van der Waals surface area contributed by atoms with Crippen molar-refractivity contribution in [2.24, 2.45) is 0 Å². The van der Waals surface area contributed by atoms with Crippen LogP contribution in [0.1, 0.15) is 37.1 Å². The fourth-order valence-electron chi connectivity index (χ4n) is 1.97. The van der Waals surface area contributed by atoms with Crippen LogP contribution in [0, 0.1) is 0 Å². The second kappa shape index (κ2) is 5.64. The molecule has 0 amide bonds. The second-order valence-corrected chi connectivity index (χ2v) is 5.09. The molecule has 0 aliphatic carbocycles. The van der Waals surface area contributed by atoms with Crippen molar-refractivity contribution >= 4 is 11.3 Å². The second-order valence-electron chi connectivity index (χ2n) is 4.11. The minimum absolute atomic E-state index is 0.478. The molecule has 1 aliphatic rings. The van der Waals surface area contributed by atoms with E-state index >= 15 is 0 Å². The predicted octanol–water partition coefficient (Wildman–Crippen LogP) is 2.97. The highest BCUT2D eigenvalue weighted by Gasteiger charge is 2.15. The van der Waals surface area contributed by atoms with E-state index in [0.29, 0.717) is 12.1 Å². The first-order valence-electron chi connectivity index (χ1n) is 5.74. The van der Waals surface area contributed by atoms with Crippen LogP contribution < -0.4 is 5.32 Å². The van der Waals surface area contributed by atoms with E-state index < -0.39 is 0 Å². The Bertz CT molecular complexity index is 267. The van der Waals surface area contributed by atoms with Crippen molar-refractivity contribution in [3.05, 3.63) is 22.4 Å². The van der Waals surface area contributed by atoms with Gasteiger partial charge in [0, 0.05) is 17.5 Å². The molecule has 0 radical (unpaired) electrons. The lowest BCUT2D eigenvalue weighted by Gasteiger charge is -2.14. The first-order chi connectivity index (χ1) is 7.36. The van der Waals surface area contributed by atoms with Gasteiger partial charge in [0.15, 0.2) is 0 Å². The van der Waals surface area contributed by atoms with Crippen molar-refractivity contribution in [1.82, 2.24) is 5.32 Å². The van der Waals surface area contributed by atoms with Crippen LogP contribution in [0.2, 0.25) is 0 Å². The number of hydrogen-bond acceptors (Lipinski definition) is 3. The monoisotopic (exact) mass is 225 g/mol. The molecule has 1 unspecified atom stereocenters. The first-order valence-corrected chi connectivity index (χ1v) is 6.62. The van der Waals surface area contributed by atoms with Gasteiger partial charge in [-0.05, 0) is 44.2 Å². The van der Waals surface area contributed by atoms with Gasteiger partial charge in [0.25, 0.3) is 0 Å². The summed E-state index contributed by atoms with van der Waals surface area (Å²) in [5.74, 6) is 0. The summed E-state index contributed by atoms with van der Waals surface area (Å²) in [5.41, 5.74) is 0. The van der Waals surface area contributed by atoms with Gasteiger partial charge in [0.1, 0.15) is 0 Å². The molecule has 2 nitrogen and oxygen atoms in total. The van der Waals surface area contributed by atoms with Gasteiger partial charge in [-0.15, -0.1) is 11.3 Å². The molecule has 84 valence electrons. The van der Waals surface area contributed by atoms with E-state index in [9.17, 15) is 0 Å². The smallest absolute Gasteiger partial charge is 0.0588 e. The highest BCUT2D eigenvalue weighted by atomic mass is 32.1. The van der Waals surface area contributed by atoms with Crippen molar-refractivity contribution < 1.29 is 4.74 Å². The van der Waals surface area contributed by atoms with Crippen molar-refractivity contribution in [2.75, 3.05) is 13.2 Å². The molecule has 1 N–H and O–H groups in total. The molecule has 1 aromatic rings. The predicted molar refractivity (Wildman–Crippen MR) is 64.3 cm³/mol. The lowest BCUT2D eigenvalue weighted by molar-refractivity contribution is 0.103. The Morgan fingerprint density at radius 2 is 2.60 bits per heavy atom. The van der Waals surface area contributed by atoms with Crippen molar-refractivity contribution in [2.45, 2.75) is 38.3 Å². The van der Waals surface area contributed by atoms with E-state index in [-0.39, 0.29) is 0 Å². The topological polar surface area (TPSA) is 21.3 Å². The van der Waals surface area contributed by atoms with Gasteiger partial charge in [0.05, 0.1) is 6.10 Å². The third-order valence-corrected chi connectivity index (χ3v) is 3.97. The van der Waals surface area contributed by atoms with Gasteiger partial charge < -0.3 is 10.1 Å². The zero-order valence-corrected chi connectivity index (χ0v) is 10.1. The molecule has 1 saturated heterocycles. The minimum Gasteiger partial charge on any atom is -0.378 e. The van der Waals surface area contributed by atoms with Gasteiger partial charge in [-0.1, -0.05) is 6.07 Å². The number of rotatable bonds is 5. The average Bonchev–Trinajstić information content (AvgIpc) is 2.90. The van der Waals surface area contributed by atoms with E-state index in [2.05, 4.69) is 29.8 Å². The van der Waals surface area contributed by atoms with Gasteiger partial charge >= 0.3 is 0 Å². The normalized spacial score (nSPS) is 23.1. The lowest BCUT2D eigenvalue weighted by atomic mass is 10.2. The molecule has 0 spiro atoms. The summed E-state index contributed by atoms with van der Waals surface area (Å²) in [5, 5.41) is 5.67. The quantitative estimate of drug-likeness (QED) is 0.832. The number of thiophene rings is 1. The molecule has 15 heavy (non-hydrogen) atoms. The van der Waals surface area contributed by atoms with Gasteiger partial charge in [0.2, 0.25) is 0 Å². The molecule has 1 aliphatic heterocycles. The Hall–Kier alpha value is -0.380. The Labute approximate surface area is 95.6 Å². The molecule has 0 aromatic carbocycles. The number of ether oxygens (including phenoxy) is 1. The summed E-state index contributed by atoms with van der Waals surface area (Å²) in [6, 6.07) is 4.78. The van der Waals surface area contributed by atoms with Crippen LogP contribution in [0.25, 0.3) is 0 Å². The maximum atomic E-state index is 5.59. The molecular weight excluding hydrogens is 206 g/mol. The molecule has 0 bridgehead atoms. The largest absolute Gasteiger partial charge is 0.378 e. The summed E-state index contributed by atoms with van der Waals surface area (Å²) in [6.45, 7) is 4.25. The Morgan fingerprint density at radius 3 is 3.27 bits per heavy atom. The zero-order valence-electron chi connectivity index (χ0n) is 9.24. The van der Waals surface area contributed by atoms with Gasteiger partial charge in [-0.3, -0.25) is 0 Å². The van der Waals surface area contributed by atoms with Crippen LogP contribution in [0.15, 0.2) is 17.5 Å². The van der Waals surface area contributed by atoms with Crippen LogP contribution in [-0.4, -0.2) is 19.3 Å². The zero-order chi connectivity index (χ0) is 10.5. The molecule has 3 heteroatoms. The van der Waals surface area contributed by atoms with Crippen LogP contribution in [0.4, 0.5) is 0 Å². The summed E-state index contributed by atoms with van der Waals surface area (Å²) < 4.78 is 5.59. The van der Waals surface area contributed by atoms with E-state index in [4.69, 9.17) is 4.74 Å². The molecular formula is C12H19NOS. The van der Waals surface area contributed by atoms with Gasteiger partial charge in [-0.25, -0.2) is 0 Å². The maximum absolute atomic E-state index is 5.59. The van der Waals surface area contributed by atoms with Crippen molar-refractivity contribution in [3.8, 4) is 0 Å². The summed E-state index contributed by atoms with van der Waals surface area (Å²) in [4.78, 5) is 1.42. The fourth-order valence-corrected chi connectivity index (χ4v) is 2.73. The van der Waals surface area contributed by atoms with Crippen molar-refractivity contribution in [1.29, 1.82) is 0 Å². The molecule has 2 heterocycles. The van der Waals surface area contributed by atoms with E-state index in [1.54, 1.807) is 0 Å².